The van der Waals surface area contributed by atoms with Crippen molar-refractivity contribution in [3.63, 3.8) is 0 Å². The van der Waals surface area contributed by atoms with Gasteiger partial charge in [0.05, 0.1) is 13.2 Å². The Kier molecular flexibility index (Phi) is 4.97. The second-order valence-electron chi connectivity index (χ2n) is 6.90. The third kappa shape index (κ3) is 3.70. The summed E-state index contributed by atoms with van der Waals surface area (Å²) in [6.07, 6.45) is 0.469. The predicted octanol–water partition coefficient (Wildman–Crippen LogP) is 1.17. The number of morpholine rings is 1. The minimum Gasteiger partial charge on any atom is -0.480 e. The lowest BCUT2D eigenvalue weighted by Gasteiger charge is -2.47. The first-order valence-electron chi connectivity index (χ1n) is 7.79. The van der Waals surface area contributed by atoms with Crippen molar-refractivity contribution >= 4 is 12.1 Å². The van der Waals surface area contributed by atoms with Crippen LogP contribution in [0.5, 0.6) is 0 Å². The van der Waals surface area contributed by atoms with Crippen LogP contribution in [0.2, 0.25) is 0 Å². The Morgan fingerprint density at radius 3 is 2.09 bits per heavy atom. The number of rotatable bonds is 2. The lowest BCUT2D eigenvalue weighted by atomic mass is 9.85. The number of carboxylic acids is 1. The van der Waals surface area contributed by atoms with Crippen molar-refractivity contribution in [1.29, 1.82) is 0 Å². The van der Waals surface area contributed by atoms with E-state index in [0.717, 1.165) is 0 Å². The van der Waals surface area contributed by atoms with Crippen LogP contribution in [-0.4, -0.2) is 77.5 Å². The predicted molar refractivity (Wildman–Crippen MR) is 79.8 cm³/mol. The van der Waals surface area contributed by atoms with Gasteiger partial charge in [-0.25, -0.2) is 4.79 Å². The maximum absolute atomic E-state index is 12.1. The molecule has 2 heterocycles. The fourth-order valence-electron chi connectivity index (χ4n) is 3.04. The monoisotopic (exact) mass is 314 g/mol. The first kappa shape index (κ1) is 17.0. The van der Waals surface area contributed by atoms with E-state index in [4.69, 9.17) is 9.47 Å². The number of hydrogen-bond donors (Lipinski definition) is 1. The van der Waals surface area contributed by atoms with E-state index in [-0.39, 0.29) is 6.09 Å². The molecule has 2 aliphatic heterocycles. The van der Waals surface area contributed by atoms with Crippen molar-refractivity contribution in [2.75, 3.05) is 39.4 Å². The fourth-order valence-corrected chi connectivity index (χ4v) is 3.04. The molecule has 0 saturated carbocycles. The van der Waals surface area contributed by atoms with Crippen molar-refractivity contribution in [1.82, 2.24) is 9.80 Å². The molecule has 0 aromatic carbocycles. The first-order chi connectivity index (χ1) is 10.2. The molecule has 0 aromatic heterocycles. The van der Waals surface area contributed by atoms with E-state index in [0.29, 0.717) is 52.2 Å². The Bertz CT molecular complexity index is 418. The van der Waals surface area contributed by atoms with Crippen LogP contribution in [0.25, 0.3) is 0 Å². The Balaban J connectivity index is 2.01. The van der Waals surface area contributed by atoms with Gasteiger partial charge in [-0.15, -0.1) is 0 Å². The summed E-state index contributed by atoms with van der Waals surface area (Å²) >= 11 is 0. The SMILES string of the molecule is CC(C)(C)OC(=O)N1CCC(C(=O)O)(N2CCOCC2)CC1. The minimum absolute atomic E-state index is 0.367. The number of nitrogens with zero attached hydrogens (tertiary/aromatic N) is 2. The Labute approximate surface area is 131 Å². The van der Waals surface area contributed by atoms with Crippen LogP contribution in [0, 0.1) is 0 Å². The quantitative estimate of drug-likeness (QED) is 0.824. The van der Waals surface area contributed by atoms with E-state index in [1.165, 1.54) is 0 Å². The molecular formula is C15H26N2O5. The van der Waals surface area contributed by atoms with Crippen molar-refractivity contribution < 1.29 is 24.2 Å². The van der Waals surface area contributed by atoms with Gasteiger partial charge < -0.3 is 19.5 Å². The lowest BCUT2D eigenvalue weighted by molar-refractivity contribution is -0.159. The molecule has 7 heteroatoms. The highest BCUT2D eigenvalue weighted by atomic mass is 16.6. The Morgan fingerprint density at radius 2 is 1.64 bits per heavy atom. The van der Waals surface area contributed by atoms with Crippen LogP contribution in [0.3, 0.4) is 0 Å². The van der Waals surface area contributed by atoms with Gasteiger partial charge >= 0.3 is 12.1 Å². The second kappa shape index (κ2) is 6.42. The third-order valence-electron chi connectivity index (χ3n) is 4.26. The number of carboxylic acid groups (broad SMARTS) is 1. The molecule has 1 N–H and O–H groups in total. The molecule has 1 amide bonds. The van der Waals surface area contributed by atoms with Gasteiger partial charge in [-0.05, 0) is 33.6 Å². The summed E-state index contributed by atoms with van der Waals surface area (Å²) in [6.45, 7) is 8.64. The number of carbonyl (C=O) groups is 2. The van der Waals surface area contributed by atoms with Gasteiger partial charge in [0.15, 0.2) is 0 Å². The third-order valence-corrected chi connectivity index (χ3v) is 4.26. The summed E-state index contributed by atoms with van der Waals surface area (Å²) in [5, 5.41) is 9.74. The summed E-state index contributed by atoms with van der Waals surface area (Å²) in [7, 11) is 0. The van der Waals surface area contributed by atoms with Gasteiger partial charge in [0, 0.05) is 26.2 Å². The van der Waals surface area contributed by atoms with Crippen molar-refractivity contribution in [2.24, 2.45) is 0 Å². The average Bonchev–Trinajstić information content (AvgIpc) is 2.46. The topological polar surface area (TPSA) is 79.3 Å². The van der Waals surface area contributed by atoms with E-state index < -0.39 is 17.1 Å². The van der Waals surface area contributed by atoms with Crippen LogP contribution >= 0.6 is 0 Å². The van der Waals surface area contributed by atoms with E-state index >= 15 is 0 Å². The summed E-state index contributed by atoms with van der Waals surface area (Å²) in [5.74, 6) is -0.807. The standard InChI is InChI=1S/C15H26N2O5/c1-14(2,3)22-13(20)16-6-4-15(5-7-16,12(18)19)17-8-10-21-11-9-17/h4-11H2,1-3H3,(H,18,19). The maximum atomic E-state index is 12.1. The van der Waals surface area contributed by atoms with Gasteiger partial charge in [-0.2, -0.15) is 0 Å². The van der Waals surface area contributed by atoms with E-state index in [2.05, 4.69) is 0 Å². The number of aliphatic carboxylic acids is 1. The van der Waals surface area contributed by atoms with E-state index in [1.807, 2.05) is 25.7 Å². The zero-order chi connectivity index (χ0) is 16.4. The van der Waals surface area contributed by atoms with Gasteiger partial charge in [0.2, 0.25) is 0 Å². The molecule has 126 valence electrons. The normalized spacial score (nSPS) is 23.1. The molecule has 22 heavy (non-hydrogen) atoms. The molecule has 0 unspecified atom stereocenters. The highest BCUT2D eigenvalue weighted by molar-refractivity contribution is 5.79. The van der Waals surface area contributed by atoms with Crippen LogP contribution in [0.4, 0.5) is 4.79 Å². The molecule has 7 nitrogen and oxygen atoms in total. The molecule has 0 aliphatic carbocycles. The largest absolute Gasteiger partial charge is 0.480 e. The number of carbonyl (C=O) groups excluding carboxylic acids is 1. The highest BCUT2D eigenvalue weighted by Crippen LogP contribution is 2.31. The molecule has 2 aliphatic rings. The van der Waals surface area contributed by atoms with Crippen LogP contribution in [-0.2, 0) is 14.3 Å². The fraction of sp³-hybridized carbons (Fsp3) is 0.867. The van der Waals surface area contributed by atoms with Gasteiger partial charge in [-0.3, -0.25) is 9.69 Å². The second-order valence-corrected chi connectivity index (χ2v) is 6.90. The van der Waals surface area contributed by atoms with Gasteiger partial charge in [0.25, 0.3) is 0 Å². The number of ether oxygens (including phenoxy) is 2. The van der Waals surface area contributed by atoms with Crippen molar-refractivity contribution in [3.8, 4) is 0 Å². The van der Waals surface area contributed by atoms with Crippen molar-refractivity contribution in [3.05, 3.63) is 0 Å². The number of piperidine rings is 1. The Morgan fingerprint density at radius 1 is 1.09 bits per heavy atom. The summed E-state index contributed by atoms with van der Waals surface area (Å²) in [6, 6.07) is 0. The molecule has 0 bridgehead atoms. The molecule has 0 atom stereocenters. The molecule has 2 rings (SSSR count). The zero-order valence-corrected chi connectivity index (χ0v) is 13.6. The average molecular weight is 314 g/mol. The molecule has 0 aromatic rings. The number of hydrogen-bond acceptors (Lipinski definition) is 5. The van der Waals surface area contributed by atoms with Crippen molar-refractivity contribution in [2.45, 2.75) is 44.8 Å². The minimum atomic E-state index is -0.887. The Hall–Kier alpha value is -1.34. The van der Waals surface area contributed by atoms with Crippen LogP contribution in [0.1, 0.15) is 33.6 Å². The smallest absolute Gasteiger partial charge is 0.410 e. The number of likely N-dealkylation sites (tertiary alicyclic amines) is 1. The van der Waals surface area contributed by atoms with Gasteiger partial charge in [-0.1, -0.05) is 0 Å². The maximum Gasteiger partial charge on any atom is 0.410 e. The summed E-state index contributed by atoms with van der Waals surface area (Å²) < 4.78 is 10.7. The highest BCUT2D eigenvalue weighted by Gasteiger charge is 2.47. The van der Waals surface area contributed by atoms with Crippen LogP contribution in [0.15, 0.2) is 0 Å². The lowest BCUT2D eigenvalue weighted by Crippen LogP contribution is -2.63. The molecule has 0 radical (unpaired) electrons. The molecule has 2 saturated heterocycles. The molecule has 0 spiro atoms. The number of amides is 1. The van der Waals surface area contributed by atoms with E-state index in [9.17, 15) is 14.7 Å². The summed E-state index contributed by atoms with van der Waals surface area (Å²) in [4.78, 5) is 27.6. The molecular weight excluding hydrogens is 288 g/mol. The molecule has 2 fully saturated rings. The van der Waals surface area contributed by atoms with Crippen LogP contribution < -0.4 is 0 Å². The van der Waals surface area contributed by atoms with E-state index in [1.54, 1.807) is 4.90 Å². The zero-order valence-electron chi connectivity index (χ0n) is 13.6. The summed E-state index contributed by atoms with van der Waals surface area (Å²) in [5.41, 5.74) is -1.43. The first-order valence-corrected chi connectivity index (χ1v) is 7.79. The van der Waals surface area contributed by atoms with Gasteiger partial charge in [0.1, 0.15) is 11.1 Å².